The normalized spacial score (nSPS) is 18.3. The second kappa shape index (κ2) is 7.25. The summed E-state index contributed by atoms with van der Waals surface area (Å²) < 4.78 is 36.8. The Balaban J connectivity index is 0.00000242. The Morgan fingerprint density at radius 3 is 2.77 bits per heavy atom. The van der Waals surface area contributed by atoms with Gasteiger partial charge in [-0.3, -0.25) is 9.59 Å². The highest BCUT2D eigenvalue weighted by molar-refractivity contribution is 7.09. The lowest BCUT2D eigenvalue weighted by Crippen LogP contribution is -2.43. The van der Waals surface area contributed by atoms with Gasteiger partial charge in [-0.1, -0.05) is 0 Å². The van der Waals surface area contributed by atoms with Crippen molar-refractivity contribution in [2.45, 2.75) is 25.2 Å². The van der Waals surface area contributed by atoms with Gasteiger partial charge >= 0.3 is 6.18 Å². The Morgan fingerprint density at radius 2 is 2.23 bits per heavy atom. The third kappa shape index (κ3) is 4.55. The number of halogens is 4. The molecule has 1 aromatic heterocycles. The van der Waals surface area contributed by atoms with Crippen LogP contribution in [0, 0.1) is 0 Å². The Labute approximate surface area is 134 Å². The van der Waals surface area contributed by atoms with Crippen LogP contribution < -0.4 is 11.1 Å². The fourth-order valence-corrected chi connectivity index (χ4v) is 2.64. The van der Waals surface area contributed by atoms with E-state index in [0.717, 1.165) is 0 Å². The lowest BCUT2D eigenvalue weighted by atomic mass is 10.2. The zero-order valence-electron chi connectivity index (χ0n) is 11.2. The van der Waals surface area contributed by atoms with E-state index < -0.39 is 30.6 Å². The van der Waals surface area contributed by atoms with E-state index >= 15 is 0 Å². The number of hydrogen-bond acceptors (Lipinski definition) is 5. The molecule has 2 amide bonds. The molecule has 2 heterocycles. The molecule has 0 aliphatic carbocycles. The Bertz CT molecular complexity index is 552. The van der Waals surface area contributed by atoms with E-state index in [1.165, 1.54) is 16.7 Å². The minimum absolute atomic E-state index is 0. The van der Waals surface area contributed by atoms with Crippen molar-refractivity contribution < 1.29 is 22.8 Å². The van der Waals surface area contributed by atoms with E-state index in [2.05, 4.69) is 10.3 Å². The van der Waals surface area contributed by atoms with Gasteiger partial charge in [-0.05, 0) is 6.42 Å². The van der Waals surface area contributed by atoms with Crippen molar-refractivity contribution in [1.29, 1.82) is 0 Å². The number of hydrogen-bond donors (Lipinski definition) is 2. The molecule has 22 heavy (non-hydrogen) atoms. The number of nitrogens with two attached hydrogens (primary N) is 1. The standard InChI is InChI=1S/C11H13F3N4O2S.ClH/c12-11(13,14)5-18-2-1-6(10(18)20)17-9(19)7-4-21-8(3-15)16-7;/h4,6H,1-3,5,15H2,(H,17,19);1H. The van der Waals surface area contributed by atoms with Gasteiger partial charge in [-0.15, -0.1) is 23.7 Å². The van der Waals surface area contributed by atoms with Crippen LogP contribution in [0.3, 0.4) is 0 Å². The molecule has 1 aliphatic heterocycles. The first kappa shape index (κ1) is 18.7. The number of alkyl halides is 3. The first-order valence-corrected chi connectivity index (χ1v) is 6.99. The predicted octanol–water partition coefficient (Wildman–Crippen LogP) is 0.917. The number of amides is 2. The highest BCUT2D eigenvalue weighted by Gasteiger charge is 2.39. The molecule has 0 saturated carbocycles. The molecule has 1 aliphatic rings. The number of likely N-dealkylation sites (tertiary alicyclic amines) is 1. The van der Waals surface area contributed by atoms with E-state index in [0.29, 0.717) is 9.91 Å². The molecular formula is C11H14ClF3N4O2S. The van der Waals surface area contributed by atoms with E-state index in [4.69, 9.17) is 5.73 Å². The quantitative estimate of drug-likeness (QED) is 0.837. The zero-order chi connectivity index (χ0) is 15.6. The first-order chi connectivity index (χ1) is 9.80. The maximum atomic E-state index is 12.3. The van der Waals surface area contributed by atoms with Gasteiger partial charge < -0.3 is 16.0 Å². The van der Waals surface area contributed by atoms with Gasteiger partial charge in [0, 0.05) is 18.5 Å². The predicted molar refractivity (Wildman–Crippen MR) is 75.8 cm³/mol. The SMILES string of the molecule is Cl.NCc1nc(C(=O)NC2CCN(CC(F)(F)F)C2=O)cs1. The number of nitrogens with zero attached hydrogens (tertiary/aromatic N) is 2. The summed E-state index contributed by atoms with van der Waals surface area (Å²) in [4.78, 5) is 28.3. The largest absolute Gasteiger partial charge is 0.406 e. The molecule has 6 nitrogen and oxygen atoms in total. The lowest BCUT2D eigenvalue weighted by Gasteiger charge is -2.18. The zero-order valence-corrected chi connectivity index (χ0v) is 12.9. The number of thiazole rings is 1. The summed E-state index contributed by atoms with van der Waals surface area (Å²) in [6.07, 6.45) is -4.30. The van der Waals surface area contributed by atoms with Crippen LogP contribution in [-0.2, 0) is 11.3 Å². The van der Waals surface area contributed by atoms with Gasteiger partial charge in [-0.2, -0.15) is 13.2 Å². The highest BCUT2D eigenvalue weighted by Crippen LogP contribution is 2.21. The van der Waals surface area contributed by atoms with Crippen LogP contribution in [0.15, 0.2) is 5.38 Å². The minimum atomic E-state index is -4.44. The molecule has 1 fully saturated rings. The summed E-state index contributed by atoms with van der Waals surface area (Å²) in [6.45, 7) is -1.14. The summed E-state index contributed by atoms with van der Waals surface area (Å²) in [5.41, 5.74) is 5.49. The summed E-state index contributed by atoms with van der Waals surface area (Å²) >= 11 is 1.20. The van der Waals surface area contributed by atoms with Crippen LogP contribution in [0.4, 0.5) is 13.2 Å². The first-order valence-electron chi connectivity index (χ1n) is 6.11. The van der Waals surface area contributed by atoms with Crippen LogP contribution in [0.2, 0.25) is 0 Å². The molecule has 3 N–H and O–H groups in total. The number of rotatable bonds is 4. The van der Waals surface area contributed by atoms with Gasteiger partial charge in [0.1, 0.15) is 23.3 Å². The van der Waals surface area contributed by atoms with Crippen LogP contribution in [-0.4, -0.2) is 47.0 Å². The van der Waals surface area contributed by atoms with Crippen LogP contribution in [0.25, 0.3) is 0 Å². The van der Waals surface area contributed by atoms with E-state index in [1.807, 2.05) is 0 Å². The second-order valence-corrected chi connectivity index (χ2v) is 5.46. The fraction of sp³-hybridized carbons (Fsp3) is 0.545. The lowest BCUT2D eigenvalue weighted by molar-refractivity contribution is -0.157. The average Bonchev–Trinajstić information content (AvgIpc) is 2.99. The van der Waals surface area contributed by atoms with Crippen molar-refractivity contribution in [3.63, 3.8) is 0 Å². The maximum Gasteiger partial charge on any atom is 0.406 e. The van der Waals surface area contributed by atoms with Crippen molar-refractivity contribution in [2.24, 2.45) is 5.73 Å². The molecule has 11 heteroatoms. The third-order valence-electron chi connectivity index (χ3n) is 2.93. The molecule has 1 atom stereocenters. The average molecular weight is 359 g/mol. The van der Waals surface area contributed by atoms with Crippen molar-refractivity contribution >= 4 is 35.6 Å². The molecule has 0 aromatic carbocycles. The van der Waals surface area contributed by atoms with Crippen LogP contribution in [0.5, 0.6) is 0 Å². The van der Waals surface area contributed by atoms with Gasteiger partial charge in [0.15, 0.2) is 0 Å². The second-order valence-electron chi connectivity index (χ2n) is 4.52. The number of aromatic nitrogens is 1. The summed E-state index contributed by atoms with van der Waals surface area (Å²) in [5.74, 6) is -1.31. The monoisotopic (exact) mass is 358 g/mol. The van der Waals surface area contributed by atoms with Gasteiger partial charge in [0.2, 0.25) is 5.91 Å². The van der Waals surface area contributed by atoms with Gasteiger partial charge in [0.05, 0.1) is 0 Å². The molecule has 1 unspecified atom stereocenters. The van der Waals surface area contributed by atoms with Crippen molar-refractivity contribution in [2.75, 3.05) is 13.1 Å². The van der Waals surface area contributed by atoms with Crippen molar-refractivity contribution in [3.8, 4) is 0 Å². The summed E-state index contributed by atoms with van der Waals surface area (Å²) in [6, 6.07) is -0.942. The molecule has 0 spiro atoms. The molecule has 0 bridgehead atoms. The molecule has 124 valence electrons. The maximum absolute atomic E-state index is 12.3. The molecule has 2 rings (SSSR count). The minimum Gasteiger partial charge on any atom is -0.339 e. The summed E-state index contributed by atoms with van der Waals surface area (Å²) in [5, 5.41) is 4.46. The highest BCUT2D eigenvalue weighted by atomic mass is 35.5. The molecule has 1 aromatic rings. The van der Waals surface area contributed by atoms with Crippen molar-refractivity contribution in [1.82, 2.24) is 15.2 Å². The number of carbonyl (C=O) groups is 2. The molecular weight excluding hydrogens is 345 g/mol. The third-order valence-corrected chi connectivity index (χ3v) is 3.80. The van der Waals surface area contributed by atoms with E-state index in [1.54, 1.807) is 0 Å². The molecule has 0 radical (unpaired) electrons. The van der Waals surface area contributed by atoms with Crippen molar-refractivity contribution in [3.05, 3.63) is 16.1 Å². The fourth-order valence-electron chi connectivity index (χ4n) is 1.99. The summed E-state index contributed by atoms with van der Waals surface area (Å²) in [7, 11) is 0. The topological polar surface area (TPSA) is 88.3 Å². The number of nitrogens with one attached hydrogen (secondary N) is 1. The van der Waals surface area contributed by atoms with Crippen LogP contribution >= 0.6 is 23.7 Å². The van der Waals surface area contributed by atoms with E-state index in [-0.39, 0.29) is 37.6 Å². The Morgan fingerprint density at radius 1 is 1.55 bits per heavy atom. The smallest absolute Gasteiger partial charge is 0.339 e. The van der Waals surface area contributed by atoms with Gasteiger partial charge in [0.25, 0.3) is 5.91 Å². The Hall–Kier alpha value is -1.39. The number of carbonyl (C=O) groups excluding carboxylic acids is 2. The Kier molecular flexibility index (Phi) is 6.15. The van der Waals surface area contributed by atoms with E-state index in [9.17, 15) is 22.8 Å². The van der Waals surface area contributed by atoms with Crippen LogP contribution in [0.1, 0.15) is 21.9 Å². The van der Waals surface area contributed by atoms with Gasteiger partial charge in [-0.25, -0.2) is 4.98 Å². The molecule has 1 saturated heterocycles.